The summed E-state index contributed by atoms with van der Waals surface area (Å²) in [6.07, 6.45) is 3.54. The Morgan fingerprint density at radius 3 is 2.43 bits per heavy atom. The fourth-order valence-corrected chi connectivity index (χ4v) is 4.78. The number of rotatable bonds is 6. The highest BCUT2D eigenvalue weighted by Gasteiger charge is 2.34. The van der Waals surface area contributed by atoms with Crippen molar-refractivity contribution in [1.29, 1.82) is 0 Å². The predicted octanol–water partition coefficient (Wildman–Crippen LogP) is -0.123. The zero-order valence-electron chi connectivity index (χ0n) is 18.5. The molecule has 0 spiro atoms. The van der Waals surface area contributed by atoms with E-state index in [1.165, 1.54) is 34.8 Å². The van der Waals surface area contributed by atoms with Crippen LogP contribution >= 0.6 is 0 Å². The number of carbonyl (C=O) groups is 2. The Hall–Kier alpha value is -1.99. The molecule has 3 rings (SSSR count). The van der Waals surface area contributed by atoms with Gasteiger partial charge in [0, 0.05) is 11.7 Å². The second-order valence-electron chi connectivity index (χ2n) is 9.24. The first-order chi connectivity index (χ1) is 14.3. The van der Waals surface area contributed by atoms with Gasteiger partial charge in [-0.15, -0.1) is 0 Å². The van der Waals surface area contributed by atoms with Gasteiger partial charge >= 0.3 is 0 Å². The number of amides is 2. The van der Waals surface area contributed by atoms with Gasteiger partial charge in [-0.2, -0.15) is 0 Å². The Bertz CT molecular complexity index is 718. The molecule has 1 aliphatic heterocycles. The van der Waals surface area contributed by atoms with Crippen LogP contribution in [0.15, 0.2) is 24.3 Å². The van der Waals surface area contributed by atoms with Crippen molar-refractivity contribution in [3.05, 3.63) is 30.1 Å². The third kappa shape index (κ3) is 6.01. The summed E-state index contributed by atoms with van der Waals surface area (Å²) in [6.45, 7) is 10.4. The fourth-order valence-electron chi connectivity index (χ4n) is 4.78. The molecule has 0 radical (unpaired) electrons. The molecular formula is C23H37FN4O2+2. The van der Waals surface area contributed by atoms with E-state index in [0.29, 0.717) is 30.1 Å². The van der Waals surface area contributed by atoms with Crippen LogP contribution in [0.2, 0.25) is 0 Å². The van der Waals surface area contributed by atoms with E-state index in [2.05, 4.69) is 24.5 Å². The molecule has 1 aromatic carbocycles. The quantitative estimate of drug-likeness (QED) is 0.518. The maximum Gasteiger partial charge on any atom is 0.279 e. The van der Waals surface area contributed by atoms with Crippen LogP contribution in [0.3, 0.4) is 0 Å². The van der Waals surface area contributed by atoms with Crippen LogP contribution in [0.1, 0.15) is 40.0 Å². The highest BCUT2D eigenvalue weighted by molar-refractivity contribution is 5.91. The number of hydrogen-bond acceptors (Lipinski definition) is 2. The van der Waals surface area contributed by atoms with Crippen LogP contribution in [0.5, 0.6) is 0 Å². The van der Waals surface area contributed by atoms with Gasteiger partial charge in [-0.05, 0) is 49.4 Å². The number of nitrogens with one attached hydrogen (secondary N) is 4. The molecule has 4 N–H and O–H groups in total. The van der Waals surface area contributed by atoms with Gasteiger partial charge < -0.3 is 20.4 Å². The van der Waals surface area contributed by atoms with E-state index in [1.54, 1.807) is 12.1 Å². The minimum Gasteiger partial charge on any atom is -0.348 e. The molecule has 2 fully saturated rings. The molecule has 1 heterocycles. The summed E-state index contributed by atoms with van der Waals surface area (Å²) >= 11 is 0. The number of quaternary nitrogens is 2. The zero-order chi connectivity index (χ0) is 21.7. The lowest BCUT2D eigenvalue weighted by Crippen LogP contribution is -3.30. The number of benzene rings is 1. The monoisotopic (exact) mass is 420 g/mol. The van der Waals surface area contributed by atoms with Crippen LogP contribution in [-0.4, -0.2) is 56.6 Å². The molecule has 4 atom stereocenters. The van der Waals surface area contributed by atoms with Gasteiger partial charge in [0.15, 0.2) is 12.6 Å². The van der Waals surface area contributed by atoms with E-state index in [9.17, 15) is 14.0 Å². The van der Waals surface area contributed by atoms with Gasteiger partial charge in [0.1, 0.15) is 32.0 Å². The first kappa shape index (κ1) is 22.7. The molecule has 0 aromatic heterocycles. The zero-order valence-corrected chi connectivity index (χ0v) is 18.5. The van der Waals surface area contributed by atoms with Crippen LogP contribution in [0.25, 0.3) is 0 Å². The van der Waals surface area contributed by atoms with E-state index in [1.807, 2.05) is 6.92 Å². The Morgan fingerprint density at radius 2 is 1.77 bits per heavy atom. The molecule has 30 heavy (non-hydrogen) atoms. The third-order valence-corrected chi connectivity index (χ3v) is 7.18. The van der Waals surface area contributed by atoms with Gasteiger partial charge in [0.05, 0.1) is 0 Å². The maximum absolute atomic E-state index is 13.0. The van der Waals surface area contributed by atoms with E-state index in [-0.39, 0.29) is 23.7 Å². The average molecular weight is 421 g/mol. The third-order valence-electron chi connectivity index (χ3n) is 7.18. The van der Waals surface area contributed by atoms with Crippen LogP contribution in [-0.2, 0) is 9.59 Å². The number of hydrogen-bond donors (Lipinski definition) is 4. The van der Waals surface area contributed by atoms with E-state index in [4.69, 9.17) is 0 Å². The summed E-state index contributed by atoms with van der Waals surface area (Å²) in [5.41, 5.74) is 0.613. The Morgan fingerprint density at radius 1 is 1.10 bits per heavy atom. The number of piperazine rings is 1. The summed E-state index contributed by atoms with van der Waals surface area (Å²) in [7, 11) is 0. The van der Waals surface area contributed by atoms with Crippen molar-refractivity contribution >= 4 is 17.5 Å². The molecule has 1 aromatic rings. The maximum atomic E-state index is 13.0. The molecule has 1 saturated heterocycles. The number of halogens is 1. The average Bonchev–Trinajstić information content (AvgIpc) is 2.73. The first-order valence-corrected chi connectivity index (χ1v) is 11.4. The SMILES string of the molecule is C[C@H]1[C@@H](NC(=O)[C@@H](C)[NH+]2CC[NH+](CC(=O)Nc3ccc(F)cc3)CC2)CCC[C@@H]1C. The largest absolute Gasteiger partial charge is 0.348 e. The minimum absolute atomic E-state index is 0.0637. The van der Waals surface area contributed by atoms with E-state index < -0.39 is 0 Å². The smallest absolute Gasteiger partial charge is 0.279 e. The van der Waals surface area contributed by atoms with Gasteiger partial charge in [-0.25, -0.2) is 4.39 Å². The summed E-state index contributed by atoms with van der Waals surface area (Å²) in [4.78, 5) is 27.6. The highest BCUT2D eigenvalue weighted by atomic mass is 19.1. The standard InChI is InChI=1S/C23H35FN4O2/c1-16-5-4-6-21(17(16)2)26-23(30)18(3)28-13-11-27(12-14-28)15-22(29)25-20-9-7-19(24)8-10-20/h7-10,16-18,21H,4-6,11-15H2,1-3H3,(H,25,29)(H,26,30)/p+2/t16-,17+,18+,21-/m0/s1. The molecule has 0 bridgehead atoms. The van der Waals surface area contributed by atoms with Crippen molar-refractivity contribution < 1.29 is 23.8 Å². The van der Waals surface area contributed by atoms with Crippen molar-refractivity contribution in [3.8, 4) is 0 Å². The first-order valence-electron chi connectivity index (χ1n) is 11.4. The Balaban J connectivity index is 1.41. The topological polar surface area (TPSA) is 67.1 Å². The van der Waals surface area contributed by atoms with Crippen LogP contribution in [0.4, 0.5) is 10.1 Å². The molecule has 166 valence electrons. The predicted molar refractivity (Wildman–Crippen MR) is 115 cm³/mol. The van der Waals surface area contributed by atoms with Crippen molar-refractivity contribution in [1.82, 2.24) is 5.32 Å². The number of anilines is 1. The van der Waals surface area contributed by atoms with Crippen molar-refractivity contribution in [2.24, 2.45) is 11.8 Å². The van der Waals surface area contributed by atoms with Crippen LogP contribution in [0, 0.1) is 17.7 Å². The molecule has 6 nitrogen and oxygen atoms in total. The summed E-state index contributed by atoms with van der Waals surface area (Å²) in [5, 5.41) is 6.14. The second kappa shape index (κ2) is 10.4. The molecule has 7 heteroatoms. The van der Waals surface area contributed by atoms with Gasteiger partial charge in [0.25, 0.3) is 11.8 Å². The van der Waals surface area contributed by atoms with Crippen LogP contribution < -0.4 is 20.4 Å². The lowest BCUT2D eigenvalue weighted by Gasteiger charge is -2.36. The molecule has 2 aliphatic rings. The summed E-state index contributed by atoms with van der Waals surface area (Å²) < 4.78 is 13.0. The van der Waals surface area contributed by atoms with E-state index in [0.717, 1.165) is 32.6 Å². The van der Waals surface area contributed by atoms with Crippen molar-refractivity contribution in [2.75, 3.05) is 38.0 Å². The lowest BCUT2D eigenvalue weighted by molar-refractivity contribution is -1.01. The van der Waals surface area contributed by atoms with Gasteiger partial charge in [0.2, 0.25) is 0 Å². The summed E-state index contributed by atoms with van der Waals surface area (Å²) in [6, 6.07) is 6.05. The Kier molecular flexibility index (Phi) is 7.83. The Labute approximate surface area is 179 Å². The fraction of sp³-hybridized carbons (Fsp3) is 0.652. The molecule has 1 saturated carbocycles. The second-order valence-corrected chi connectivity index (χ2v) is 9.24. The number of carbonyl (C=O) groups excluding carboxylic acids is 2. The highest BCUT2D eigenvalue weighted by Crippen LogP contribution is 2.29. The van der Waals surface area contributed by atoms with Gasteiger partial charge in [-0.1, -0.05) is 26.7 Å². The normalized spacial score (nSPS) is 30.3. The van der Waals surface area contributed by atoms with Crippen molar-refractivity contribution in [3.63, 3.8) is 0 Å². The molecule has 2 amide bonds. The van der Waals surface area contributed by atoms with E-state index >= 15 is 0 Å². The van der Waals surface area contributed by atoms with Crippen molar-refractivity contribution in [2.45, 2.75) is 52.1 Å². The molecule has 1 aliphatic carbocycles. The van der Waals surface area contributed by atoms with Gasteiger partial charge in [-0.3, -0.25) is 9.59 Å². The lowest BCUT2D eigenvalue weighted by atomic mass is 9.78. The molecule has 0 unspecified atom stereocenters. The summed E-state index contributed by atoms with van der Waals surface area (Å²) in [5.74, 6) is 0.980. The minimum atomic E-state index is -0.316. The molecular weight excluding hydrogens is 383 g/mol.